The molecule has 4 heterocycles. The molecular weight excluding hydrogens is 429 g/mol. The fourth-order valence-electron chi connectivity index (χ4n) is 3.75. The molecule has 13 heteroatoms. The Morgan fingerprint density at radius 2 is 2.06 bits per heavy atom. The second-order valence-corrected chi connectivity index (χ2v) is 8.54. The van der Waals surface area contributed by atoms with Crippen LogP contribution in [0.25, 0.3) is 11.2 Å². The molecule has 0 spiro atoms. The Kier molecular flexibility index (Phi) is 5.22. The molecule has 0 aliphatic carbocycles. The van der Waals surface area contributed by atoms with E-state index in [0.29, 0.717) is 11.2 Å². The summed E-state index contributed by atoms with van der Waals surface area (Å²) in [4.78, 5) is 32.5. The Labute approximate surface area is 177 Å². The van der Waals surface area contributed by atoms with E-state index in [1.54, 1.807) is 4.57 Å². The highest BCUT2D eigenvalue weighted by Crippen LogP contribution is 2.59. The standard InChI is InChI=1S/C18H21N5O7P/c1-26-14-13-11(8-28-31(24,25)30-13)29-17(14)23-16-12(15(19)20-9-21-16)22-18(23)27-7-10-5-3-2-4-6-10/h2-6,9,11,13-14,17,24-25H,7-8H2,1H3,(H2,19,20,21)/q+1/t11-,13-,14?,17-/m1/s1. The van der Waals surface area contributed by atoms with Crippen LogP contribution in [0.2, 0.25) is 0 Å². The molecule has 2 saturated heterocycles. The number of ether oxygens (including phenoxy) is 3. The van der Waals surface area contributed by atoms with E-state index in [4.69, 9.17) is 29.0 Å². The number of hydrogen-bond acceptors (Lipinski definition) is 11. The van der Waals surface area contributed by atoms with Crippen molar-refractivity contribution in [1.29, 1.82) is 0 Å². The molecule has 164 valence electrons. The van der Waals surface area contributed by atoms with Crippen molar-refractivity contribution in [3.63, 3.8) is 0 Å². The van der Waals surface area contributed by atoms with Crippen molar-refractivity contribution < 1.29 is 33.0 Å². The summed E-state index contributed by atoms with van der Waals surface area (Å²) in [5.74, 6) is 0.188. The van der Waals surface area contributed by atoms with E-state index >= 15 is 0 Å². The van der Waals surface area contributed by atoms with Gasteiger partial charge >= 0.3 is 14.2 Å². The Morgan fingerprint density at radius 1 is 1.26 bits per heavy atom. The molecule has 4 N–H and O–H groups in total. The fourth-order valence-corrected chi connectivity index (χ4v) is 4.72. The van der Waals surface area contributed by atoms with Gasteiger partial charge in [-0.2, -0.15) is 19.3 Å². The van der Waals surface area contributed by atoms with Gasteiger partial charge in [-0.1, -0.05) is 30.3 Å². The maximum Gasteiger partial charge on any atom is 0.570 e. The molecule has 2 aliphatic heterocycles. The largest absolute Gasteiger partial charge is 0.570 e. The average molecular weight is 450 g/mol. The quantitative estimate of drug-likeness (QED) is 0.476. The Bertz CT molecular complexity index is 1080. The molecule has 2 aromatic heterocycles. The molecule has 2 fully saturated rings. The number of fused-ring (bicyclic) bond motifs is 2. The maximum atomic E-state index is 9.85. The van der Waals surface area contributed by atoms with Gasteiger partial charge in [0.1, 0.15) is 31.7 Å². The average Bonchev–Trinajstić information content (AvgIpc) is 3.30. The minimum Gasteiger partial charge on any atom is -0.460 e. The Balaban J connectivity index is 1.54. The van der Waals surface area contributed by atoms with Crippen molar-refractivity contribution in [2.45, 2.75) is 31.1 Å². The molecule has 0 saturated carbocycles. The van der Waals surface area contributed by atoms with Gasteiger partial charge in [0.15, 0.2) is 29.3 Å². The van der Waals surface area contributed by atoms with E-state index < -0.39 is 32.7 Å². The Hall–Kier alpha value is -2.44. The van der Waals surface area contributed by atoms with Gasteiger partial charge in [-0.05, 0) is 5.56 Å². The SMILES string of the molecule is COC1[C@H](n2c(OCc3ccccc3)nc3c(N)ncnc32)O[C@@H]2CO[P+](O)(O)O[C@@H]12. The smallest absolute Gasteiger partial charge is 0.460 e. The lowest BCUT2D eigenvalue weighted by molar-refractivity contribution is -0.0761. The fraction of sp³-hybridized carbons (Fsp3) is 0.389. The van der Waals surface area contributed by atoms with Gasteiger partial charge in [0.2, 0.25) is 0 Å². The maximum absolute atomic E-state index is 9.85. The number of nitrogens with two attached hydrogens (primary N) is 1. The number of anilines is 1. The minimum absolute atomic E-state index is 0.0637. The second kappa shape index (κ2) is 7.92. The molecule has 0 bridgehead atoms. The van der Waals surface area contributed by atoms with E-state index in [2.05, 4.69) is 15.0 Å². The van der Waals surface area contributed by atoms with Crippen LogP contribution in [0.15, 0.2) is 36.7 Å². The highest BCUT2D eigenvalue weighted by atomic mass is 31.2. The number of nitrogens with zero attached hydrogens (tertiary/aromatic N) is 4. The molecule has 0 radical (unpaired) electrons. The zero-order chi connectivity index (χ0) is 21.6. The predicted octanol–water partition coefficient (Wildman–Crippen LogP) is 0.977. The van der Waals surface area contributed by atoms with Crippen molar-refractivity contribution in [3.05, 3.63) is 42.2 Å². The number of hydrogen-bond donors (Lipinski definition) is 3. The molecule has 0 amide bonds. The minimum atomic E-state index is -3.94. The van der Waals surface area contributed by atoms with Crippen LogP contribution in [0.1, 0.15) is 11.8 Å². The number of methoxy groups -OCH3 is 1. The van der Waals surface area contributed by atoms with Gasteiger partial charge in [0.25, 0.3) is 0 Å². The van der Waals surface area contributed by atoms with E-state index in [-0.39, 0.29) is 25.0 Å². The van der Waals surface area contributed by atoms with Crippen molar-refractivity contribution in [1.82, 2.24) is 19.5 Å². The summed E-state index contributed by atoms with van der Waals surface area (Å²) in [6, 6.07) is 9.79. The van der Waals surface area contributed by atoms with Crippen molar-refractivity contribution in [2.75, 3.05) is 19.5 Å². The van der Waals surface area contributed by atoms with E-state index in [1.165, 1.54) is 13.4 Å². The lowest BCUT2D eigenvalue weighted by atomic mass is 10.1. The van der Waals surface area contributed by atoms with Gasteiger partial charge in [0.05, 0.1) is 0 Å². The van der Waals surface area contributed by atoms with Gasteiger partial charge in [-0.25, -0.2) is 14.5 Å². The summed E-state index contributed by atoms with van der Waals surface area (Å²) in [6.07, 6.45) is -1.57. The predicted molar refractivity (Wildman–Crippen MR) is 107 cm³/mol. The first-order chi connectivity index (χ1) is 15.0. The van der Waals surface area contributed by atoms with Crippen LogP contribution in [0.3, 0.4) is 0 Å². The number of rotatable bonds is 5. The highest BCUT2D eigenvalue weighted by molar-refractivity contribution is 7.54. The Morgan fingerprint density at radius 3 is 2.84 bits per heavy atom. The number of benzene rings is 1. The van der Waals surface area contributed by atoms with Crippen molar-refractivity contribution >= 4 is 25.2 Å². The zero-order valence-electron chi connectivity index (χ0n) is 16.4. The van der Waals surface area contributed by atoms with Crippen LogP contribution >= 0.6 is 8.17 Å². The summed E-state index contributed by atoms with van der Waals surface area (Å²) < 4.78 is 29.7. The highest BCUT2D eigenvalue weighted by Gasteiger charge is 2.60. The number of aromatic nitrogens is 4. The normalized spacial score (nSPS) is 27.3. The molecule has 1 unspecified atom stereocenters. The topological polar surface area (TPSA) is 156 Å². The summed E-state index contributed by atoms with van der Waals surface area (Å²) in [6.45, 7) is 0.183. The molecular formula is C18H21N5O7P+. The van der Waals surface area contributed by atoms with Crippen LogP contribution in [0, 0.1) is 0 Å². The monoisotopic (exact) mass is 450 g/mol. The third kappa shape index (κ3) is 3.72. The van der Waals surface area contributed by atoms with E-state index in [0.717, 1.165) is 5.56 Å². The summed E-state index contributed by atoms with van der Waals surface area (Å²) in [7, 11) is -2.47. The molecule has 4 atom stereocenters. The molecule has 3 aromatic rings. The summed E-state index contributed by atoms with van der Waals surface area (Å²) >= 11 is 0. The first kappa shape index (κ1) is 20.5. The van der Waals surface area contributed by atoms with Crippen LogP contribution in [-0.4, -0.2) is 61.3 Å². The van der Waals surface area contributed by atoms with Crippen molar-refractivity contribution in [3.8, 4) is 6.01 Å². The first-order valence-electron chi connectivity index (χ1n) is 9.48. The van der Waals surface area contributed by atoms with Gasteiger partial charge in [-0.3, -0.25) is 0 Å². The molecule has 2 aliphatic rings. The number of imidazole rings is 1. The van der Waals surface area contributed by atoms with E-state index in [9.17, 15) is 9.79 Å². The second-order valence-electron chi connectivity index (χ2n) is 7.09. The van der Waals surface area contributed by atoms with Gasteiger partial charge in [0, 0.05) is 7.11 Å². The number of nitrogen functional groups attached to an aromatic ring is 1. The van der Waals surface area contributed by atoms with Crippen LogP contribution in [0.5, 0.6) is 6.01 Å². The molecule has 5 rings (SSSR count). The lowest BCUT2D eigenvalue weighted by Gasteiger charge is -2.26. The van der Waals surface area contributed by atoms with Gasteiger partial charge < -0.3 is 19.9 Å². The van der Waals surface area contributed by atoms with Crippen LogP contribution < -0.4 is 10.5 Å². The summed E-state index contributed by atoms with van der Waals surface area (Å²) in [5.41, 5.74) is 7.68. The van der Waals surface area contributed by atoms with Crippen LogP contribution in [-0.2, 0) is 25.1 Å². The van der Waals surface area contributed by atoms with Crippen molar-refractivity contribution in [2.24, 2.45) is 0 Å². The molecule has 12 nitrogen and oxygen atoms in total. The zero-order valence-corrected chi connectivity index (χ0v) is 17.3. The first-order valence-corrected chi connectivity index (χ1v) is 11.0. The van der Waals surface area contributed by atoms with Gasteiger partial charge in [-0.15, -0.1) is 4.52 Å². The van der Waals surface area contributed by atoms with E-state index in [1.807, 2.05) is 30.3 Å². The molecule has 1 aromatic carbocycles. The molecule has 31 heavy (non-hydrogen) atoms. The third-order valence-electron chi connectivity index (χ3n) is 5.16. The van der Waals surface area contributed by atoms with Crippen LogP contribution in [0.4, 0.5) is 5.82 Å². The summed E-state index contributed by atoms with van der Waals surface area (Å²) in [5, 5.41) is 0. The third-order valence-corrected chi connectivity index (χ3v) is 6.17. The lowest BCUT2D eigenvalue weighted by Crippen LogP contribution is -2.41.